The molecule has 0 unspecified atom stereocenters. The molecule has 4 heteroatoms. The zero-order valence-corrected chi connectivity index (χ0v) is 22.7. The van der Waals surface area contributed by atoms with Crippen LogP contribution >= 0.6 is 0 Å². The van der Waals surface area contributed by atoms with Gasteiger partial charge in [-0.2, -0.15) is 0 Å². The van der Waals surface area contributed by atoms with Crippen LogP contribution in [0.25, 0.3) is 0 Å². The monoisotopic (exact) mass is 469 g/mol. The number of piperazine rings is 1. The normalized spacial score (nSPS) is 22.9. The zero-order valence-electron chi connectivity index (χ0n) is 22.7. The molecule has 192 valence electrons. The average Bonchev–Trinajstić information content (AvgIpc) is 2.90. The summed E-state index contributed by atoms with van der Waals surface area (Å²) in [6.07, 6.45) is 12.2. The third-order valence-corrected chi connectivity index (χ3v) is 9.46. The Kier molecular flexibility index (Phi) is 9.21. The summed E-state index contributed by atoms with van der Waals surface area (Å²) >= 11 is 0. The van der Waals surface area contributed by atoms with E-state index in [2.05, 4.69) is 60.6 Å². The summed E-state index contributed by atoms with van der Waals surface area (Å²) in [6.45, 7) is 18.3. The van der Waals surface area contributed by atoms with Gasteiger partial charge in [0.1, 0.15) is 0 Å². The van der Waals surface area contributed by atoms with Crippen LogP contribution in [0.4, 0.5) is 11.4 Å². The summed E-state index contributed by atoms with van der Waals surface area (Å²) in [4.78, 5) is 7.96. The van der Waals surface area contributed by atoms with Gasteiger partial charge in [0.25, 0.3) is 0 Å². The molecule has 2 aliphatic heterocycles. The van der Waals surface area contributed by atoms with Crippen molar-refractivity contribution in [2.45, 2.75) is 97.5 Å². The third kappa shape index (κ3) is 5.93. The van der Waals surface area contributed by atoms with Crippen LogP contribution in [0.15, 0.2) is 18.2 Å². The first kappa shape index (κ1) is 25.8. The van der Waals surface area contributed by atoms with Crippen molar-refractivity contribution >= 4 is 11.4 Å². The number of hydrogen-bond acceptors (Lipinski definition) is 4. The Bertz CT molecular complexity index is 735. The van der Waals surface area contributed by atoms with Crippen LogP contribution in [0.2, 0.25) is 0 Å². The fraction of sp³-hybridized carbons (Fsp3) is 0.800. The minimum absolute atomic E-state index is 0.453. The first-order chi connectivity index (χ1) is 16.6. The molecule has 1 aromatic carbocycles. The molecule has 0 radical (unpaired) electrons. The van der Waals surface area contributed by atoms with Crippen molar-refractivity contribution in [1.82, 2.24) is 4.90 Å². The van der Waals surface area contributed by atoms with E-state index in [0.717, 1.165) is 38.5 Å². The van der Waals surface area contributed by atoms with E-state index >= 15 is 0 Å². The zero-order chi connectivity index (χ0) is 24.0. The Labute approximate surface area is 210 Å². The second-order valence-electron chi connectivity index (χ2n) is 11.2. The summed E-state index contributed by atoms with van der Waals surface area (Å²) in [5, 5.41) is 0. The maximum absolute atomic E-state index is 5.91. The van der Waals surface area contributed by atoms with Crippen molar-refractivity contribution in [3.8, 4) is 0 Å². The molecular formula is C30H51N3O. The lowest BCUT2D eigenvalue weighted by atomic mass is 9.66. The van der Waals surface area contributed by atoms with Crippen molar-refractivity contribution < 1.29 is 4.74 Å². The van der Waals surface area contributed by atoms with Gasteiger partial charge in [-0.1, -0.05) is 33.6 Å². The van der Waals surface area contributed by atoms with Crippen LogP contribution in [-0.4, -0.2) is 63.4 Å². The molecular weight excluding hydrogens is 418 g/mol. The van der Waals surface area contributed by atoms with Gasteiger partial charge in [-0.05, 0) is 93.5 Å². The van der Waals surface area contributed by atoms with Crippen LogP contribution in [-0.2, 0) is 4.74 Å². The molecule has 3 aliphatic rings. The smallest absolute Gasteiger partial charge is 0.0608 e. The molecule has 2 saturated heterocycles. The topological polar surface area (TPSA) is 19.0 Å². The lowest BCUT2D eigenvalue weighted by Gasteiger charge is -2.42. The number of nitrogens with zero attached hydrogens (tertiary/aromatic N) is 3. The molecule has 0 amide bonds. The average molecular weight is 470 g/mol. The van der Waals surface area contributed by atoms with Gasteiger partial charge < -0.3 is 14.5 Å². The summed E-state index contributed by atoms with van der Waals surface area (Å²) in [6, 6.07) is 7.50. The van der Waals surface area contributed by atoms with E-state index in [1.807, 2.05) is 0 Å². The molecule has 1 saturated carbocycles. The highest BCUT2D eigenvalue weighted by molar-refractivity contribution is 5.63. The Hall–Kier alpha value is -1.26. The van der Waals surface area contributed by atoms with Crippen LogP contribution in [0.1, 0.15) is 97.0 Å². The van der Waals surface area contributed by atoms with E-state index < -0.39 is 0 Å². The second kappa shape index (κ2) is 12.1. The van der Waals surface area contributed by atoms with Gasteiger partial charge in [-0.15, -0.1) is 0 Å². The summed E-state index contributed by atoms with van der Waals surface area (Å²) in [5.41, 5.74) is 5.23. The van der Waals surface area contributed by atoms with Gasteiger partial charge in [0, 0.05) is 57.3 Å². The molecule has 0 atom stereocenters. The Morgan fingerprint density at radius 2 is 1.50 bits per heavy atom. The van der Waals surface area contributed by atoms with Crippen molar-refractivity contribution in [3.05, 3.63) is 23.8 Å². The number of hydrogen-bond donors (Lipinski definition) is 0. The van der Waals surface area contributed by atoms with E-state index in [0.29, 0.717) is 11.5 Å². The number of ether oxygens (including phenoxy) is 1. The van der Waals surface area contributed by atoms with Crippen molar-refractivity contribution in [2.24, 2.45) is 5.41 Å². The van der Waals surface area contributed by atoms with E-state index in [1.165, 1.54) is 89.0 Å². The number of piperidine rings is 1. The van der Waals surface area contributed by atoms with E-state index in [1.54, 1.807) is 5.56 Å². The standard InChI is InChI=1S/C30H51N3O/c1-5-17-31-20-22-33(23-21-31)29-10-9-26(32-18-13-27(14-19-32)34-8-4)24-28(29)25-11-15-30(6-2,7-3)16-12-25/h9-10,24-25,27H,5-8,11-23H2,1-4H3. The van der Waals surface area contributed by atoms with Crippen LogP contribution < -0.4 is 9.80 Å². The molecule has 3 fully saturated rings. The molecule has 0 bridgehead atoms. The highest BCUT2D eigenvalue weighted by atomic mass is 16.5. The minimum atomic E-state index is 0.453. The molecule has 1 aliphatic carbocycles. The number of anilines is 2. The van der Waals surface area contributed by atoms with E-state index in [4.69, 9.17) is 4.74 Å². The van der Waals surface area contributed by atoms with Gasteiger partial charge in [0.05, 0.1) is 6.10 Å². The predicted octanol–water partition coefficient (Wildman–Crippen LogP) is 6.69. The molecule has 4 rings (SSSR count). The van der Waals surface area contributed by atoms with Crippen LogP contribution in [0.3, 0.4) is 0 Å². The number of rotatable bonds is 9. The van der Waals surface area contributed by atoms with Gasteiger partial charge >= 0.3 is 0 Å². The van der Waals surface area contributed by atoms with Crippen molar-refractivity contribution in [3.63, 3.8) is 0 Å². The van der Waals surface area contributed by atoms with Gasteiger partial charge in [0.15, 0.2) is 0 Å². The van der Waals surface area contributed by atoms with Crippen molar-refractivity contribution in [2.75, 3.05) is 62.2 Å². The van der Waals surface area contributed by atoms with Crippen LogP contribution in [0, 0.1) is 5.41 Å². The Morgan fingerprint density at radius 3 is 2.09 bits per heavy atom. The van der Waals surface area contributed by atoms with Crippen molar-refractivity contribution in [1.29, 1.82) is 0 Å². The summed E-state index contributed by atoms with van der Waals surface area (Å²) < 4.78 is 5.91. The largest absolute Gasteiger partial charge is 0.378 e. The third-order valence-electron chi connectivity index (χ3n) is 9.46. The van der Waals surface area contributed by atoms with Crippen LogP contribution in [0.5, 0.6) is 0 Å². The maximum Gasteiger partial charge on any atom is 0.0608 e. The molecule has 1 aromatic rings. The highest BCUT2D eigenvalue weighted by Crippen LogP contribution is 2.49. The first-order valence-electron chi connectivity index (χ1n) is 14.6. The van der Waals surface area contributed by atoms with E-state index in [9.17, 15) is 0 Å². The van der Waals surface area contributed by atoms with Gasteiger partial charge in [0.2, 0.25) is 0 Å². The SMILES string of the molecule is CCCN1CCN(c2ccc(N3CCC(OCC)CC3)cc2C2CCC(CC)(CC)CC2)CC1. The summed E-state index contributed by atoms with van der Waals surface area (Å²) in [7, 11) is 0. The molecule has 4 nitrogen and oxygen atoms in total. The molecule has 2 heterocycles. The van der Waals surface area contributed by atoms with Gasteiger partial charge in [-0.25, -0.2) is 0 Å². The fourth-order valence-corrected chi connectivity index (χ4v) is 6.90. The molecule has 0 spiro atoms. The Morgan fingerprint density at radius 1 is 0.824 bits per heavy atom. The Balaban J connectivity index is 1.53. The first-order valence-corrected chi connectivity index (χ1v) is 14.6. The maximum atomic E-state index is 5.91. The molecule has 0 aromatic heterocycles. The fourth-order valence-electron chi connectivity index (χ4n) is 6.90. The number of benzene rings is 1. The quantitative estimate of drug-likeness (QED) is 0.401. The lowest BCUT2D eigenvalue weighted by Crippen LogP contribution is -2.47. The molecule has 34 heavy (non-hydrogen) atoms. The predicted molar refractivity (Wildman–Crippen MR) is 146 cm³/mol. The molecule has 0 N–H and O–H groups in total. The second-order valence-corrected chi connectivity index (χ2v) is 11.2. The highest BCUT2D eigenvalue weighted by Gasteiger charge is 2.34. The van der Waals surface area contributed by atoms with E-state index in [-0.39, 0.29) is 0 Å². The lowest BCUT2D eigenvalue weighted by molar-refractivity contribution is 0.0459. The minimum Gasteiger partial charge on any atom is -0.378 e. The van der Waals surface area contributed by atoms with Gasteiger partial charge in [-0.3, -0.25) is 4.90 Å². The summed E-state index contributed by atoms with van der Waals surface area (Å²) in [5.74, 6) is 0.718.